The molecule has 0 heterocycles. The Morgan fingerprint density at radius 1 is 0.726 bits per heavy atom. The zero-order valence-corrected chi connectivity index (χ0v) is 37.0. The minimum atomic E-state index is -0.114. The molecule has 0 aromatic heterocycles. The Hall–Kier alpha value is -6.64. The Morgan fingerprint density at radius 3 is 2.31 bits per heavy atom. The van der Waals surface area contributed by atoms with Crippen LogP contribution in [0.25, 0.3) is 11.1 Å². The molecule has 310 valence electrons. The zero-order chi connectivity index (χ0) is 43.3. The second-order valence-corrected chi connectivity index (χ2v) is 17.9. The van der Waals surface area contributed by atoms with Crippen LogP contribution in [0.4, 0.5) is 11.4 Å². The molecule has 0 bridgehead atoms. The molecule has 3 aromatic rings. The van der Waals surface area contributed by atoms with Gasteiger partial charge in [0, 0.05) is 51.4 Å². The van der Waals surface area contributed by atoms with E-state index in [2.05, 4.69) is 227 Å². The van der Waals surface area contributed by atoms with Gasteiger partial charge in [-0.25, -0.2) is 0 Å². The van der Waals surface area contributed by atoms with Gasteiger partial charge in [0.05, 0.1) is 0 Å². The normalized spacial score (nSPS) is 20.3. The van der Waals surface area contributed by atoms with Crippen LogP contribution in [0.15, 0.2) is 253 Å². The Bertz CT molecular complexity index is 2650. The van der Waals surface area contributed by atoms with E-state index in [9.17, 15) is 0 Å². The smallest absolute Gasteiger partial charge is 0.0493 e. The van der Waals surface area contributed by atoms with Gasteiger partial charge in [0.1, 0.15) is 0 Å². The molecule has 0 radical (unpaired) electrons. The number of hydrogen-bond acceptors (Lipinski definition) is 2. The summed E-state index contributed by atoms with van der Waals surface area (Å²) in [5.74, 6) is 0.390. The van der Waals surface area contributed by atoms with E-state index in [1.165, 1.54) is 44.8 Å². The first-order chi connectivity index (χ1) is 30.1. The van der Waals surface area contributed by atoms with Crippen LogP contribution in [0, 0.1) is 11.3 Å². The summed E-state index contributed by atoms with van der Waals surface area (Å²) >= 11 is 0. The number of para-hydroxylation sites is 1. The van der Waals surface area contributed by atoms with Gasteiger partial charge in [-0.15, -0.1) is 0 Å². The molecule has 62 heavy (non-hydrogen) atoms. The van der Waals surface area contributed by atoms with Crippen molar-refractivity contribution in [1.82, 2.24) is 4.90 Å². The molecule has 5 aliphatic carbocycles. The standard InChI is InChI=1S/C60H60N2/c1-8-9-23-47(43-61(48-26-12-10-13-27-48)51-38-39-54-53-32-17-20-34-56(53)60(6,7)57(54)42-51)44(2)36-37-45(3)52-31-18-21-35-58(52)62(49-28-14-11-15-29-49)50-30-22-25-46-24-16-19-33-55(46)59(4,5)41-40-50/h8-14,16-17,19-23,25-28,30,32-43,46H,1-3,15,18,24,29,31H2,4-7H3/b23-9-,25-22+,37-36-,41-40?,47-43-,50-30?. The molecule has 0 saturated heterocycles. The molecule has 2 heteroatoms. The Kier molecular flexibility index (Phi) is 12.3. The number of rotatable bonds is 12. The summed E-state index contributed by atoms with van der Waals surface area (Å²) < 4.78 is 0. The summed E-state index contributed by atoms with van der Waals surface area (Å²) in [5, 5.41) is 0. The van der Waals surface area contributed by atoms with Crippen molar-refractivity contribution >= 4 is 11.4 Å². The van der Waals surface area contributed by atoms with Crippen molar-refractivity contribution < 1.29 is 0 Å². The zero-order valence-electron chi connectivity index (χ0n) is 37.0. The molecule has 0 fully saturated rings. The fourth-order valence-corrected chi connectivity index (χ4v) is 9.50. The SMILES string of the molecule is C=C/C=C\C(=C\N(c1ccccc1)c1ccc2c(c1)C(C)(C)c1ccccc1-2)C(=C)/C=C\C(=C)C1=C(N(C2=C/C=C/C3CC=CC=C3C(C)(C)C=C2)C2=CC=CCC2)C=CCC1. The minimum Gasteiger partial charge on any atom is -0.317 e. The number of allylic oxidation sites excluding steroid dienone is 24. The highest BCUT2D eigenvalue weighted by atomic mass is 15.2. The molecule has 0 aliphatic heterocycles. The lowest BCUT2D eigenvalue weighted by Gasteiger charge is -2.34. The fourth-order valence-electron chi connectivity index (χ4n) is 9.50. The number of anilines is 2. The lowest BCUT2D eigenvalue weighted by Crippen LogP contribution is -2.24. The van der Waals surface area contributed by atoms with E-state index in [1.807, 2.05) is 12.2 Å². The van der Waals surface area contributed by atoms with Crippen LogP contribution in [0.2, 0.25) is 0 Å². The summed E-state index contributed by atoms with van der Waals surface area (Å²) in [6.07, 6.45) is 47.1. The minimum absolute atomic E-state index is 0.0909. The summed E-state index contributed by atoms with van der Waals surface area (Å²) in [4.78, 5) is 4.76. The maximum absolute atomic E-state index is 4.73. The van der Waals surface area contributed by atoms with Crippen molar-refractivity contribution in [3.8, 4) is 11.1 Å². The topological polar surface area (TPSA) is 6.48 Å². The predicted octanol–water partition coefficient (Wildman–Crippen LogP) is 16.1. The Morgan fingerprint density at radius 2 is 1.50 bits per heavy atom. The average molecular weight is 809 g/mol. The van der Waals surface area contributed by atoms with Crippen LogP contribution in [0.3, 0.4) is 0 Å². The van der Waals surface area contributed by atoms with Crippen LogP contribution in [-0.2, 0) is 5.41 Å². The third kappa shape index (κ3) is 8.61. The highest BCUT2D eigenvalue weighted by molar-refractivity contribution is 5.83. The summed E-state index contributed by atoms with van der Waals surface area (Å²) in [6.45, 7) is 22.7. The van der Waals surface area contributed by atoms with E-state index >= 15 is 0 Å². The van der Waals surface area contributed by atoms with E-state index in [0.717, 1.165) is 65.9 Å². The van der Waals surface area contributed by atoms with E-state index < -0.39 is 0 Å². The third-order valence-corrected chi connectivity index (χ3v) is 13.0. The van der Waals surface area contributed by atoms with Gasteiger partial charge in [-0.2, -0.15) is 0 Å². The third-order valence-electron chi connectivity index (χ3n) is 13.0. The molecule has 5 aliphatic rings. The highest BCUT2D eigenvalue weighted by Gasteiger charge is 2.36. The van der Waals surface area contributed by atoms with Gasteiger partial charge >= 0.3 is 0 Å². The van der Waals surface area contributed by atoms with Gasteiger partial charge in [-0.1, -0.05) is 187 Å². The van der Waals surface area contributed by atoms with Gasteiger partial charge < -0.3 is 9.80 Å². The van der Waals surface area contributed by atoms with Crippen molar-refractivity contribution in [1.29, 1.82) is 0 Å². The van der Waals surface area contributed by atoms with Gasteiger partial charge in [-0.3, -0.25) is 0 Å². The maximum Gasteiger partial charge on any atom is 0.0493 e. The summed E-state index contributed by atoms with van der Waals surface area (Å²) in [5.41, 5.74) is 16.4. The number of nitrogens with zero attached hydrogens (tertiary/aromatic N) is 2. The van der Waals surface area contributed by atoms with Crippen molar-refractivity contribution in [3.63, 3.8) is 0 Å². The summed E-state index contributed by atoms with van der Waals surface area (Å²) in [6, 6.07) is 26.3. The molecule has 1 unspecified atom stereocenters. The predicted molar refractivity (Wildman–Crippen MR) is 267 cm³/mol. The Labute approximate surface area is 371 Å². The first kappa shape index (κ1) is 42.1. The molecule has 0 amide bonds. The van der Waals surface area contributed by atoms with E-state index in [0.29, 0.717) is 5.92 Å². The van der Waals surface area contributed by atoms with Crippen molar-refractivity contribution in [2.45, 2.75) is 65.2 Å². The fraction of sp³-hybridized carbons (Fsp3) is 0.200. The molecule has 1 atom stereocenters. The second-order valence-electron chi connectivity index (χ2n) is 17.9. The first-order valence-corrected chi connectivity index (χ1v) is 22.2. The second kappa shape index (κ2) is 18.1. The molecular formula is C60H60N2. The monoisotopic (exact) mass is 808 g/mol. The van der Waals surface area contributed by atoms with E-state index in [4.69, 9.17) is 6.58 Å². The van der Waals surface area contributed by atoms with E-state index in [1.54, 1.807) is 0 Å². The van der Waals surface area contributed by atoms with Gasteiger partial charge in [0.2, 0.25) is 0 Å². The van der Waals surface area contributed by atoms with Crippen molar-refractivity contribution in [2.24, 2.45) is 11.3 Å². The Balaban J connectivity index is 1.15. The first-order valence-electron chi connectivity index (χ1n) is 22.2. The van der Waals surface area contributed by atoms with Crippen molar-refractivity contribution in [2.75, 3.05) is 4.90 Å². The average Bonchev–Trinajstić information content (AvgIpc) is 3.56. The lowest BCUT2D eigenvalue weighted by atomic mass is 9.74. The molecule has 8 rings (SSSR count). The molecule has 0 saturated carbocycles. The van der Waals surface area contributed by atoms with Crippen LogP contribution < -0.4 is 4.90 Å². The number of fused-ring (bicyclic) bond motifs is 4. The van der Waals surface area contributed by atoms with Gasteiger partial charge in [0.25, 0.3) is 0 Å². The molecular weight excluding hydrogens is 749 g/mol. The van der Waals surface area contributed by atoms with Gasteiger partial charge in [-0.05, 0) is 125 Å². The number of benzene rings is 3. The highest BCUT2D eigenvalue weighted by Crippen LogP contribution is 2.50. The lowest BCUT2D eigenvalue weighted by molar-refractivity contribution is 0.499. The van der Waals surface area contributed by atoms with E-state index in [-0.39, 0.29) is 10.8 Å². The van der Waals surface area contributed by atoms with Crippen LogP contribution >= 0.6 is 0 Å². The number of hydrogen-bond donors (Lipinski definition) is 0. The molecule has 3 aromatic carbocycles. The van der Waals surface area contributed by atoms with Crippen LogP contribution in [0.5, 0.6) is 0 Å². The van der Waals surface area contributed by atoms with Gasteiger partial charge in [0.15, 0.2) is 0 Å². The largest absolute Gasteiger partial charge is 0.317 e. The maximum atomic E-state index is 4.73. The molecule has 0 spiro atoms. The summed E-state index contributed by atoms with van der Waals surface area (Å²) in [7, 11) is 0. The molecule has 0 N–H and O–H groups in total. The molecule has 2 nitrogen and oxygen atoms in total. The van der Waals surface area contributed by atoms with Crippen LogP contribution in [0.1, 0.15) is 70.9 Å². The quantitative estimate of drug-likeness (QED) is 0.168. The van der Waals surface area contributed by atoms with Crippen LogP contribution in [-0.4, -0.2) is 4.90 Å². The van der Waals surface area contributed by atoms with Crippen molar-refractivity contribution in [3.05, 3.63) is 264 Å².